The van der Waals surface area contributed by atoms with Crippen LogP contribution in [-0.4, -0.2) is 15.2 Å². The molecule has 2 heteroatoms. The van der Waals surface area contributed by atoms with Gasteiger partial charge in [-0.25, -0.2) is 0 Å². The molecule has 4 aliphatic rings. The number of methoxy groups -OCH3 is 1. The second-order valence-corrected chi connectivity index (χ2v) is 27.6. The first-order valence-corrected chi connectivity index (χ1v) is 24.2. The van der Waals surface area contributed by atoms with E-state index in [0.29, 0.717) is 41.0 Å². The highest BCUT2D eigenvalue weighted by atomic mass is 28.3. The Balaban J connectivity index is 1.41. The van der Waals surface area contributed by atoms with Gasteiger partial charge in [0.2, 0.25) is 0 Å². The molecule has 2 aromatic rings. The molecule has 2 fully saturated rings. The fraction of sp³-hybridized carbons (Fsp3) is 0.608. The number of rotatable bonds is 5. The molecule has 2 aromatic carbocycles. The third-order valence-corrected chi connectivity index (χ3v) is 19.6. The second kappa shape index (κ2) is 13.6. The van der Waals surface area contributed by atoms with Gasteiger partial charge in [0, 0.05) is 5.92 Å². The van der Waals surface area contributed by atoms with E-state index in [4.69, 9.17) is 4.74 Å². The Labute approximate surface area is 326 Å². The Kier molecular flexibility index (Phi) is 10.3. The largest absolute Gasteiger partial charge is 0.501 e. The van der Waals surface area contributed by atoms with Crippen molar-refractivity contribution in [2.24, 2.45) is 40.9 Å². The number of fused-ring (bicyclic) bond motifs is 2. The Morgan fingerprint density at radius 3 is 1.62 bits per heavy atom. The number of allylic oxidation sites excluding steroid dienone is 8. The molecule has 0 heterocycles. The minimum Gasteiger partial charge on any atom is -0.501 e. The summed E-state index contributed by atoms with van der Waals surface area (Å²) in [6, 6.07) is 17.2. The summed E-state index contributed by atoms with van der Waals surface area (Å²) in [5, 5.41) is 0. The zero-order valence-electron chi connectivity index (χ0n) is 36.8. The van der Waals surface area contributed by atoms with E-state index in [1.54, 1.807) is 11.1 Å². The lowest BCUT2D eigenvalue weighted by atomic mass is 9.73. The summed E-state index contributed by atoms with van der Waals surface area (Å²) in [6.07, 6.45) is 12.7. The van der Waals surface area contributed by atoms with Gasteiger partial charge in [0.1, 0.15) is 0 Å². The van der Waals surface area contributed by atoms with E-state index < -0.39 is 8.07 Å². The quantitative estimate of drug-likeness (QED) is 0.278. The van der Waals surface area contributed by atoms with E-state index in [0.717, 1.165) is 5.54 Å². The van der Waals surface area contributed by atoms with Gasteiger partial charge in [0.05, 0.1) is 20.9 Å². The van der Waals surface area contributed by atoms with Crippen molar-refractivity contribution in [3.63, 3.8) is 0 Å². The molecule has 0 radical (unpaired) electrons. The zero-order valence-corrected chi connectivity index (χ0v) is 37.8. The van der Waals surface area contributed by atoms with E-state index in [9.17, 15) is 0 Å². The van der Waals surface area contributed by atoms with Gasteiger partial charge in [-0.15, -0.1) is 0 Å². The lowest BCUT2D eigenvalue weighted by molar-refractivity contribution is 0.225. The zero-order chi connectivity index (χ0) is 39.2. The molecule has 53 heavy (non-hydrogen) atoms. The van der Waals surface area contributed by atoms with E-state index in [1.807, 2.05) is 7.11 Å². The second-order valence-electron chi connectivity index (χ2n) is 22.6. The molecule has 0 aliphatic heterocycles. The van der Waals surface area contributed by atoms with Crippen LogP contribution in [0.3, 0.4) is 0 Å². The van der Waals surface area contributed by atoms with E-state index in [2.05, 4.69) is 177 Å². The lowest BCUT2D eigenvalue weighted by Crippen LogP contribution is -2.46. The predicted octanol–water partition coefficient (Wildman–Crippen LogP) is 14.6. The van der Waals surface area contributed by atoms with E-state index in [1.165, 1.54) is 52.0 Å². The van der Waals surface area contributed by atoms with Crippen molar-refractivity contribution in [2.75, 3.05) is 7.11 Å². The molecule has 288 valence electrons. The fourth-order valence-corrected chi connectivity index (χ4v) is 17.9. The molecule has 4 aliphatic carbocycles. The normalized spacial score (nSPS) is 29.5. The highest BCUT2D eigenvalue weighted by Crippen LogP contribution is 2.66. The van der Waals surface area contributed by atoms with Crippen molar-refractivity contribution in [1.29, 1.82) is 0 Å². The third-order valence-electron chi connectivity index (χ3n) is 14.3. The molecule has 0 bridgehead atoms. The Morgan fingerprint density at radius 1 is 0.585 bits per heavy atom. The molecule has 0 aromatic heterocycles. The molecule has 1 nitrogen and oxygen atoms in total. The molecular formula is C51H74OSi. The minimum absolute atomic E-state index is 0.0923. The van der Waals surface area contributed by atoms with Gasteiger partial charge < -0.3 is 4.74 Å². The van der Waals surface area contributed by atoms with Crippen molar-refractivity contribution in [2.45, 2.75) is 150 Å². The van der Waals surface area contributed by atoms with E-state index >= 15 is 0 Å². The topological polar surface area (TPSA) is 9.23 Å². The standard InChI is InChI=1S/C51H74OSi/c1-31-24-41-40(33-18-20-35(21-19-33)48(3,4)5)29-38(51(12,13)14)30-43(41)46(31)53(16,17)47-32(2)25-42-39(22-23-44(52-15)45(42)47)34-26-36(49(6,7)8)28-37(27-34)50(9,10)11/h18-23,26-32,41-43,45-47H,24-25H2,1-17H3. The Bertz CT molecular complexity index is 1780. The van der Waals surface area contributed by atoms with Crippen LogP contribution in [0.5, 0.6) is 0 Å². The molecule has 0 amide bonds. The summed E-state index contributed by atoms with van der Waals surface area (Å²) in [5.74, 6) is 4.66. The average molecular weight is 731 g/mol. The predicted molar refractivity (Wildman–Crippen MR) is 234 cm³/mol. The Morgan fingerprint density at radius 2 is 1.11 bits per heavy atom. The Hall–Kier alpha value is -2.58. The molecule has 6 rings (SSSR count). The maximum atomic E-state index is 6.40. The summed E-state index contributed by atoms with van der Waals surface area (Å²) in [4.78, 5) is 0. The first-order chi connectivity index (χ1) is 24.3. The van der Waals surface area contributed by atoms with E-state index in [-0.39, 0.29) is 21.7 Å². The maximum Gasteiger partial charge on any atom is 0.0992 e. The fourth-order valence-electron chi connectivity index (χ4n) is 11.6. The number of hydrogen-bond acceptors (Lipinski definition) is 1. The molecule has 2 saturated carbocycles. The van der Waals surface area contributed by atoms with Gasteiger partial charge in [0.25, 0.3) is 0 Å². The lowest BCUT2D eigenvalue weighted by Gasteiger charge is -2.47. The van der Waals surface area contributed by atoms with Crippen molar-refractivity contribution >= 4 is 19.2 Å². The molecule has 8 atom stereocenters. The van der Waals surface area contributed by atoms with Crippen LogP contribution in [-0.2, 0) is 21.0 Å². The van der Waals surface area contributed by atoms with Crippen LogP contribution in [0.1, 0.15) is 138 Å². The molecule has 0 saturated heterocycles. The highest BCUT2D eigenvalue weighted by molar-refractivity contribution is 6.80. The molecular weight excluding hydrogens is 657 g/mol. The first-order valence-electron chi connectivity index (χ1n) is 21.0. The SMILES string of the molecule is COC1=CC=C(c2cc(C(C)(C)C)cc(C(C)(C)C)c2)C2CC(C)C([Si](C)(C)C3C(C)CC4C(c5ccc(C(C)(C)C)cc5)=CC(C(C)(C)C)=CC43)C12. The first kappa shape index (κ1) is 40.1. The van der Waals surface area contributed by atoms with Crippen LogP contribution in [0.25, 0.3) is 11.1 Å². The molecule has 0 spiro atoms. The van der Waals surface area contributed by atoms with Crippen LogP contribution >= 0.6 is 0 Å². The summed E-state index contributed by atoms with van der Waals surface area (Å²) in [7, 11) is 0.0115. The van der Waals surface area contributed by atoms with Gasteiger partial charge in [-0.05, 0) is 126 Å². The number of ether oxygens (including phenoxy) is 1. The maximum absolute atomic E-state index is 6.40. The van der Waals surface area contributed by atoms with Crippen LogP contribution in [0.2, 0.25) is 24.2 Å². The summed E-state index contributed by atoms with van der Waals surface area (Å²) >= 11 is 0. The monoisotopic (exact) mass is 731 g/mol. The molecule has 8 unspecified atom stereocenters. The van der Waals surface area contributed by atoms with Crippen molar-refractivity contribution in [1.82, 2.24) is 0 Å². The average Bonchev–Trinajstić information content (AvgIpc) is 3.58. The van der Waals surface area contributed by atoms with Crippen LogP contribution in [0.15, 0.2) is 78.1 Å². The molecule has 0 N–H and O–H groups in total. The summed E-state index contributed by atoms with van der Waals surface area (Å²) in [6.45, 7) is 39.2. The number of benzene rings is 2. The van der Waals surface area contributed by atoms with Crippen molar-refractivity contribution in [3.05, 3.63) is 106 Å². The summed E-state index contributed by atoms with van der Waals surface area (Å²) < 4.78 is 6.40. The van der Waals surface area contributed by atoms with Gasteiger partial charge in [-0.3, -0.25) is 0 Å². The third kappa shape index (κ3) is 7.41. The minimum atomic E-state index is -1.92. The van der Waals surface area contributed by atoms with Gasteiger partial charge in [-0.1, -0.05) is 171 Å². The van der Waals surface area contributed by atoms with Gasteiger partial charge >= 0.3 is 0 Å². The van der Waals surface area contributed by atoms with Crippen LogP contribution in [0, 0.1) is 40.9 Å². The smallest absolute Gasteiger partial charge is 0.0992 e. The van der Waals surface area contributed by atoms with Gasteiger partial charge in [0.15, 0.2) is 0 Å². The van der Waals surface area contributed by atoms with Gasteiger partial charge in [-0.2, -0.15) is 0 Å². The van der Waals surface area contributed by atoms with Crippen molar-refractivity contribution < 1.29 is 4.74 Å². The van der Waals surface area contributed by atoms with Crippen LogP contribution in [0.4, 0.5) is 0 Å². The van der Waals surface area contributed by atoms with Crippen LogP contribution < -0.4 is 0 Å². The highest BCUT2D eigenvalue weighted by Gasteiger charge is 2.59. The van der Waals surface area contributed by atoms with Crippen molar-refractivity contribution in [3.8, 4) is 0 Å². The summed E-state index contributed by atoms with van der Waals surface area (Å²) in [5.41, 5.74) is 13.7. The number of hydrogen-bond donors (Lipinski definition) is 0.